The minimum absolute atomic E-state index is 0.0405. The lowest BCUT2D eigenvalue weighted by Crippen LogP contribution is -2.28. The van der Waals surface area contributed by atoms with Crippen LogP contribution in [0.3, 0.4) is 0 Å². The highest BCUT2D eigenvalue weighted by Gasteiger charge is 2.12. The van der Waals surface area contributed by atoms with Crippen LogP contribution < -0.4 is 0 Å². The molecule has 0 atom stereocenters. The maximum Gasteiger partial charge on any atom is 0.253 e. The van der Waals surface area contributed by atoms with Crippen LogP contribution >= 0.6 is 34.2 Å². The van der Waals surface area contributed by atoms with Crippen molar-refractivity contribution in [2.75, 3.05) is 13.6 Å². The predicted molar refractivity (Wildman–Crippen MR) is 75.9 cm³/mol. The average molecular weight is 350 g/mol. The van der Waals surface area contributed by atoms with Gasteiger partial charge in [-0.3, -0.25) is 4.79 Å². The van der Waals surface area contributed by atoms with Gasteiger partial charge in [-0.05, 0) is 47.7 Å². The number of benzene rings is 1. The molecule has 0 unspecified atom stereocenters. The van der Waals surface area contributed by atoms with Gasteiger partial charge in [-0.1, -0.05) is 23.8 Å². The van der Waals surface area contributed by atoms with Crippen LogP contribution in [-0.2, 0) is 0 Å². The van der Waals surface area contributed by atoms with Gasteiger partial charge in [0.25, 0.3) is 5.91 Å². The van der Waals surface area contributed by atoms with Gasteiger partial charge in [-0.15, -0.1) is 0 Å². The summed E-state index contributed by atoms with van der Waals surface area (Å²) in [6.45, 7) is 6.23. The number of amides is 1. The molecule has 0 aromatic heterocycles. The van der Waals surface area contributed by atoms with E-state index in [4.69, 9.17) is 11.6 Å². The quantitative estimate of drug-likeness (QED) is 0.603. The summed E-state index contributed by atoms with van der Waals surface area (Å²) in [5, 5.41) is 0.607. The number of halogens is 2. The van der Waals surface area contributed by atoms with E-state index in [-0.39, 0.29) is 5.91 Å². The molecule has 2 nitrogen and oxygen atoms in total. The zero-order valence-electron chi connectivity index (χ0n) is 9.26. The molecule has 16 heavy (non-hydrogen) atoms. The summed E-state index contributed by atoms with van der Waals surface area (Å²) >= 11 is 8.10. The SMILES string of the molecule is C=C(C)CN(C)C(=O)c1ccc(I)c(Cl)c1. The van der Waals surface area contributed by atoms with E-state index >= 15 is 0 Å². The first-order valence-electron chi connectivity index (χ1n) is 4.76. The van der Waals surface area contributed by atoms with Crippen molar-refractivity contribution >= 4 is 40.1 Å². The molecular formula is C12H13ClINO. The van der Waals surface area contributed by atoms with Gasteiger partial charge in [0.2, 0.25) is 0 Å². The Balaban J connectivity index is 2.88. The lowest BCUT2D eigenvalue weighted by atomic mass is 10.2. The topological polar surface area (TPSA) is 20.3 Å². The molecule has 0 aliphatic heterocycles. The molecule has 0 aliphatic rings. The predicted octanol–water partition coefficient (Wildman–Crippen LogP) is 3.59. The van der Waals surface area contributed by atoms with E-state index in [1.165, 1.54) is 0 Å². The second-order valence-corrected chi connectivity index (χ2v) is 5.32. The second-order valence-electron chi connectivity index (χ2n) is 3.75. The van der Waals surface area contributed by atoms with Gasteiger partial charge < -0.3 is 4.90 Å². The highest BCUT2D eigenvalue weighted by atomic mass is 127. The van der Waals surface area contributed by atoms with Crippen molar-refractivity contribution in [2.24, 2.45) is 0 Å². The Bertz CT molecular complexity index is 431. The molecule has 0 bridgehead atoms. The van der Waals surface area contributed by atoms with Crippen LogP contribution in [0, 0.1) is 3.57 Å². The summed E-state index contributed by atoms with van der Waals surface area (Å²) in [7, 11) is 1.75. The summed E-state index contributed by atoms with van der Waals surface area (Å²) in [6, 6.07) is 5.32. The minimum Gasteiger partial charge on any atom is -0.338 e. The summed E-state index contributed by atoms with van der Waals surface area (Å²) in [6.07, 6.45) is 0. The number of rotatable bonds is 3. The van der Waals surface area contributed by atoms with Crippen molar-refractivity contribution in [1.29, 1.82) is 0 Å². The van der Waals surface area contributed by atoms with Crippen molar-refractivity contribution in [3.05, 3.63) is 44.5 Å². The molecule has 1 aromatic carbocycles. The first-order valence-corrected chi connectivity index (χ1v) is 6.22. The molecule has 0 fully saturated rings. The zero-order valence-corrected chi connectivity index (χ0v) is 12.2. The number of carbonyl (C=O) groups is 1. The standard InChI is InChI=1S/C12H13ClINO/c1-8(2)7-15(3)12(16)9-4-5-11(14)10(13)6-9/h4-6H,1,7H2,2-3H3. The molecule has 0 heterocycles. The van der Waals surface area contributed by atoms with Crippen molar-refractivity contribution in [2.45, 2.75) is 6.92 Å². The fraction of sp³-hybridized carbons (Fsp3) is 0.250. The van der Waals surface area contributed by atoms with Gasteiger partial charge in [0, 0.05) is 22.7 Å². The molecule has 0 saturated heterocycles. The van der Waals surface area contributed by atoms with E-state index in [0.29, 0.717) is 17.1 Å². The fourth-order valence-electron chi connectivity index (χ4n) is 1.33. The van der Waals surface area contributed by atoms with Crippen LogP contribution in [0.2, 0.25) is 5.02 Å². The molecule has 1 amide bonds. The highest BCUT2D eigenvalue weighted by molar-refractivity contribution is 14.1. The van der Waals surface area contributed by atoms with Crippen LogP contribution in [0.1, 0.15) is 17.3 Å². The molecule has 0 spiro atoms. The highest BCUT2D eigenvalue weighted by Crippen LogP contribution is 2.20. The molecule has 4 heteroatoms. The summed E-state index contributed by atoms with van der Waals surface area (Å²) in [5.74, 6) is -0.0405. The molecule has 1 rings (SSSR count). The number of likely N-dealkylation sites (N-methyl/N-ethyl adjacent to an activating group) is 1. The summed E-state index contributed by atoms with van der Waals surface area (Å²) in [5.41, 5.74) is 1.56. The smallest absolute Gasteiger partial charge is 0.253 e. The van der Waals surface area contributed by atoms with Crippen molar-refractivity contribution in [3.63, 3.8) is 0 Å². The molecule has 86 valence electrons. The van der Waals surface area contributed by atoms with E-state index in [1.54, 1.807) is 24.1 Å². The largest absolute Gasteiger partial charge is 0.338 e. The summed E-state index contributed by atoms with van der Waals surface area (Å²) in [4.78, 5) is 13.6. The van der Waals surface area contributed by atoms with E-state index in [2.05, 4.69) is 29.2 Å². The third-order valence-corrected chi connectivity index (χ3v) is 3.59. The van der Waals surface area contributed by atoms with E-state index in [9.17, 15) is 4.79 Å². The Morgan fingerprint density at radius 2 is 2.19 bits per heavy atom. The van der Waals surface area contributed by atoms with Crippen LogP contribution in [0.15, 0.2) is 30.4 Å². The Labute approximate surface area is 114 Å². The van der Waals surface area contributed by atoms with Gasteiger partial charge in [-0.2, -0.15) is 0 Å². The van der Waals surface area contributed by atoms with Crippen molar-refractivity contribution in [3.8, 4) is 0 Å². The van der Waals surface area contributed by atoms with Gasteiger partial charge >= 0.3 is 0 Å². The second kappa shape index (κ2) is 5.68. The van der Waals surface area contributed by atoms with Crippen molar-refractivity contribution in [1.82, 2.24) is 4.90 Å². The van der Waals surface area contributed by atoms with E-state index in [1.807, 2.05) is 13.0 Å². The third-order valence-electron chi connectivity index (χ3n) is 2.02. The molecule has 0 saturated carbocycles. The van der Waals surface area contributed by atoms with Gasteiger partial charge in [0.1, 0.15) is 0 Å². The zero-order chi connectivity index (χ0) is 12.3. The molecule has 0 aliphatic carbocycles. The third kappa shape index (κ3) is 3.49. The first-order chi connectivity index (χ1) is 7.41. The van der Waals surface area contributed by atoms with Crippen LogP contribution in [0.25, 0.3) is 0 Å². The Hall–Kier alpha value is -0.550. The van der Waals surface area contributed by atoms with Crippen LogP contribution in [-0.4, -0.2) is 24.4 Å². The Morgan fingerprint density at radius 3 is 2.69 bits per heavy atom. The van der Waals surface area contributed by atoms with Crippen LogP contribution in [0.5, 0.6) is 0 Å². The maximum absolute atomic E-state index is 12.0. The van der Waals surface area contributed by atoms with Crippen LogP contribution in [0.4, 0.5) is 0 Å². The average Bonchev–Trinajstić information content (AvgIpc) is 2.20. The monoisotopic (exact) mass is 349 g/mol. The number of hydrogen-bond donors (Lipinski definition) is 0. The van der Waals surface area contributed by atoms with Gasteiger partial charge in [0.15, 0.2) is 0 Å². The number of carbonyl (C=O) groups excluding carboxylic acids is 1. The lowest BCUT2D eigenvalue weighted by molar-refractivity contribution is 0.0807. The molecule has 0 N–H and O–H groups in total. The van der Waals surface area contributed by atoms with Gasteiger partial charge in [-0.25, -0.2) is 0 Å². The number of hydrogen-bond acceptors (Lipinski definition) is 1. The van der Waals surface area contributed by atoms with E-state index in [0.717, 1.165) is 9.14 Å². The number of nitrogens with zero attached hydrogens (tertiary/aromatic N) is 1. The minimum atomic E-state index is -0.0405. The maximum atomic E-state index is 12.0. The molecule has 0 radical (unpaired) electrons. The lowest BCUT2D eigenvalue weighted by Gasteiger charge is -2.17. The van der Waals surface area contributed by atoms with E-state index < -0.39 is 0 Å². The fourth-order valence-corrected chi connectivity index (χ4v) is 1.84. The Kier molecular flexibility index (Phi) is 4.80. The Morgan fingerprint density at radius 1 is 1.56 bits per heavy atom. The molecule has 1 aromatic rings. The first kappa shape index (κ1) is 13.5. The summed E-state index contributed by atoms with van der Waals surface area (Å²) < 4.78 is 0.943. The van der Waals surface area contributed by atoms with Crippen molar-refractivity contribution < 1.29 is 4.79 Å². The van der Waals surface area contributed by atoms with Gasteiger partial charge in [0.05, 0.1) is 5.02 Å². The normalized spacial score (nSPS) is 10.0. The molecular weight excluding hydrogens is 336 g/mol.